The van der Waals surface area contributed by atoms with E-state index in [2.05, 4.69) is 10.3 Å². The monoisotopic (exact) mass is 376 g/mol. The number of thiazole rings is 1. The Kier molecular flexibility index (Phi) is 4.94. The number of halogens is 2. The molecule has 0 saturated heterocycles. The minimum atomic E-state index is -0.289. The van der Waals surface area contributed by atoms with Crippen LogP contribution >= 0.6 is 34.5 Å². The molecule has 0 radical (unpaired) electrons. The van der Waals surface area contributed by atoms with E-state index >= 15 is 0 Å². The van der Waals surface area contributed by atoms with E-state index in [-0.39, 0.29) is 5.91 Å². The number of carbonyl (C=O) groups is 2. The second-order valence-corrected chi connectivity index (χ2v) is 6.53. The number of nitrogens with one attached hydrogen (secondary N) is 1. The number of rotatable bonds is 4. The van der Waals surface area contributed by atoms with Crippen LogP contribution in [0.15, 0.2) is 47.8 Å². The van der Waals surface area contributed by atoms with Crippen LogP contribution in [0.2, 0.25) is 10.0 Å². The average molecular weight is 377 g/mol. The molecule has 120 valence electrons. The Morgan fingerprint density at radius 1 is 1.08 bits per heavy atom. The van der Waals surface area contributed by atoms with E-state index in [0.29, 0.717) is 32.0 Å². The number of hydrogen-bond donors (Lipinski definition) is 1. The van der Waals surface area contributed by atoms with Gasteiger partial charge in [-0.15, -0.1) is 11.3 Å². The first-order chi connectivity index (χ1) is 11.6. The summed E-state index contributed by atoms with van der Waals surface area (Å²) in [5.74, 6) is -0.289. The van der Waals surface area contributed by atoms with Crippen LogP contribution in [-0.4, -0.2) is 17.2 Å². The molecule has 4 nitrogen and oxygen atoms in total. The molecule has 0 bridgehead atoms. The summed E-state index contributed by atoms with van der Waals surface area (Å²) in [6.45, 7) is 0. The van der Waals surface area contributed by atoms with Crippen LogP contribution in [0.3, 0.4) is 0 Å². The third-order valence-corrected chi connectivity index (χ3v) is 4.75. The SMILES string of the molecule is O=Cc1ccc(C(=O)Nc2nc(-c3ccc(Cl)c(Cl)c3)cs2)cc1. The lowest BCUT2D eigenvalue weighted by atomic mass is 10.1. The van der Waals surface area contributed by atoms with Crippen LogP contribution in [0.1, 0.15) is 20.7 Å². The topological polar surface area (TPSA) is 59.1 Å². The predicted molar refractivity (Wildman–Crippen MR) is 97.4 cm³/mol. The lowest BCUT2D eigenvalue weighted by molar-refractivity contribution is 0.102. The van der Waals surface area contributed by atoms with Crippen LogP contribution in [0.25, 0.3) is 11.3 Å². The summed E-state index contributed by atoms with van der Waals surface area (Å²) in [6.07, 6.45) is 0.728. The molecule has 0 unspecified atom stereocenters. The molecule has 7 heteroatoms. The van der Waals surface area contributed by atoms with Gasteiger partial charge in [0.1, 0.15) is 6.29 Å². The van der Waals surface area contributed by atoms with Gasteiger partial charge in [-0.05, 0) is 24.3 Å². The highest BCUT2D eigenvalue weighted by Crippen LogP contribution is 2.30. The van der Waals surface area contributed by atoms with Gasteiger partial charge in [0.15, 0.2) is 5.13 Å². The van der Waals surface area contributed by atoms with Gasteiger partial charge in [-0.3, -0.25) is 14.9 Å². The molecule has 1 N–H and O–H groups in total. The summed E-state index contributed by atoms with van der Waals surface area (Å²) in [5.41, 5.74) is 2.48. The Labute approximate surface area is 152 Å². The van der Waals surface area contributed by atoms with Gasteiger partial charge in [-0.1, -0.05) is 41.4 Å². The quantitative estimate of drug-likeness (QED) is 0.638. The van der Waals surface area contributed by atoms with Gasteiger partial charge in [0, 0.05) is 22.1 Å². The Bertz CT molecular complexity index is 907. The van der Waals surface area contributed by atoms with Crippen molar-refractivity contribution in [2.75, 3.05) is 5.32 Å². The molecule has 0 atom stereocenters. The third kappa shape index (κ3) is 3.64. The van der Waals surface area contributed by atoms with Gasteiger partial charge < -0.3 is 0 Å². The van der Waals surface area contributed by atoms with Gasteiger partial charge in [-0.25, -0.2) is 4.98 Å². The van der Waals surface area contributed by atoms with Crippen molar-refractivity contribution in [1.82, 2.24) is 4.98 Å². The fraction of sp³-hybridized carbons (Fsp3) is 0. The first kappa shape index (κ1) is 16.6. The van der Waals surface area contributed by atoms with E-state index in [1.807, 2.05) is 11.4 Å². The molecule has 0 spiro atoms. The van der Waals surface area contributed by atoms with Crippen molar-refractivity contribution in [3.05, 3.63) is 69.0 Å². The summed E-state index contributed by atoms with van der Waals surface area (Å²) < 4.78 is 0. The summed E-state index contributed by atoms with van der Waals surface area (Å²) in [7, 11) is 0. The highest BCUT2D eigenvalue weighted by molar-refractivity contribution is 7.14. The molecule has 3 aromatic rings. The number of aldehydes is 1. The van der Waals surface area contributed by atoms with Gasteiger partial charge in [-0.2, -0.15) is 0 Å². The van der Waals surface area contributed by atoms with Crippen LogP contribution < -0.4 is 5.32 Å². The molecule has 24 heavy (non-hydrogen) atoms. The highest BCUT2D eigenvalue weighted by atomic mass is 35.5. The summed E-state index contributed by atoms with van der Waals surface area (Å²) >= 11 is 13.2. The average Bonchev–Trinajstić information content (AvgIpc) is 3.06. The highest BCUT2D eigenvalue weighted by Gasteiger charge is 2.11. The Balaban J connectivity index is 1.76. The number of amides is 1. The van der Waals surface area contributed by atoms with Gasteiger partial charge in [0.2, 0.25) is 0 Å². The second kappa shape index (κ2) is 7.13. The zero-order valence-corrected chi connectivity index (χ0v) is 14.5. The minimum Gasteiger partial charge on any atom is -0.298 e. The Hall–Kier alpha value is -2.21. The molecule has 3 rings (SSSR count). The maximum Gasteiger partial charge on any atom is 0.257 e. The molecular weight excluding hydrogens is 367 g/mol. The van der Waals surface area contributed by atoms with Crippen molar-refractivity contribution in [3.8, 4) is 11.3 Å². The number of benzene rings is 2. The van der Waals surface area contributed by atoms with Crippen LogP contribution in [0.4, 0.5) is 5.13 Å². The number of aromatic nitrogens is 1. The molecule has 0 aliphatic heterocycles. The van der Waals surface area contributed by atoms with E-state index in [4.69, 9.17) is 23.2 Å². The molecule has 1 aromatic heterocycles. The molecule has 0 saturated carbocycles. The van der Waals surface area contributed by atoms with Crippen LogP contribution in [0, 0.1) is 0 Å². The minimum absolute atomic E-state index is 0.289. The number of anilines is 1. The van der Waals surface area contributed by atoms with Gasteiger partial charge >= 0.3 is 0 Å². The van der Waals surface area contributed by atoms with Crippen molar-refractivity contribution in [2.24, 2.45) is 0 Å². The fourth-order valence-electron chi connectivity index (χ4n) is 2.00. The van der Waals surface area contributed by atoms with E-state index in [1.165, 1.54) is 11.3 Å². The number of nitrogens with zero attached hydrogens (tertiary/aromatic N) is 1. The molecular formula is C17H10Cl2N2O2S. The summed E-state index contributed by atoms with van der Waals surface area (Å²) in [6, 6.07) is 11.6. The second-order valence-electron chi connectivity index (χ2n) is 4.86. The van der Waals surface area contributed by atoms with Crippen LogP contribution in [0.5, 0.6) is 0 Å². The standard InChI is InChI=1S/C17H10Cl2N2O2S/c18-13-6-5-12(7-14(13)19)15-9-24-17(20-15)21-16(23)11-3-1-10(8-22)2-4-11/h1-9H,(H,20,21,23). The first-order valence-electron chi connectivity index (χ1n) is 6.84. The number of carbonyl (C=O) groups excluding carboxylic acids is 2. The fourth-order valence-corrected chi connectivity index (χ4v) is 3.01. The normalized spacial score (nSPS) is 10.4. The van der Waals surface area contributed by atoms with Crippen molar-refractivity contribution in [2.45, 2.75) is 0 Å². The molecule has 1 heterocycles. The Morgan fingerprint density at radius 2 is 1.83 bits per heavy atom. The van der Waals surface area contributed by atoms with Crippen molar-refractivity contribution >= 4 is 51.9 Å². The lowest BCUT2D eigenvalue weighted by Gasteiger charge is -2.02. The summed E-state index contributed by atoms with van der Waals surface area (Å²) in [5, 5.41) is 5.95. The van der Waals surface area contributed by atoms with E-state index in [1.54, 1.807) is 36.4 Å². The smallest absolute Gasteiger partial charge is 0.257 e. The maximum atomic E-state index is 12.2. The lowest BCUT2D eigenvalue weighted by Crippen LogP contribution is -2.11. The third-order valence-electron chi connectivity index (χ3n) is 3.25. The largest absolute Gasteiger partial charge is 0.298 e. The van der Waals surface area contributed by atoms with Crippen molar-refractivity contribution in [1.29, 1.82) is 0 Å². The molecule has 2 aromatic carbocycles. The zero-order chi connectivity index (χ0) is 17.1. The van der Waals surface area contributed by atoms with Gasteiger partial charge in [0.25, 0.3) is 5.91 Å². The predicted octanol–water partition coefficient (Wildman–Crippen LogP) is 5.18. The molecule has 1 amide bonds. The van der Waals surface area contributed by atoms with E-state index in [0.717, 1.165) is 11.8 Å². The van der Waals surface area contributed by atoms with Crippen LogP contribution in [-0.2, 0) is 0 Å². The van der Waals surface area contributed by atoms with E-state index in [9.17, 15) is 9.59 Å². The van der Waals surface area contributed by atoms with Crippen molar-refractivity contribution < 1.29 is 9.59 Å². The summed E-state index contributed by atoms with van der Waals surface area (Å²) in [4.78, 5) is 27.2. The molecule has 0 aliphatic carbocycles. The van der Waals surface area contributed by atoms with Crippen molar-refractivity contribution in [3.63, 3.8) is 0 Å². The molecule has 0 aliphatic rings. The zero-order valence-electron chi connectivity index (χ0n) is 12.1. The first-order valence-corrected chi connectivity index (χ1v) is 8.48. The molecule has 0 fully saturated rings. The maximum absolute atomic E-state index is 12.2. The van der Waals surface area contributed by atoms with E-state index < -0.39 is 0 Å². The van der Waals surface area contributed by atoms with Gasteiger partial charge in [0.05, 0.1) is 15.7 Å². The Morgan fingerprint density at radius 3 is 2.50 bits per heavy atom. The number of hydrogen-bond acceptors (Lipinski definition) is 4.